The summed E-state index contributed by atoms with van der Waals surface area (Å²) in [5.74, 6) is 0.214. The van der Waals surface area contributed by atoms with Crippen molar-refractivity contribution in [2.75, 3.05) is 18.6 Å². The van der Waals surface area contributed by atoms with Gasteiger partial charge in [-0.25, -0.2) is 9.97 Å². The molecule has 8 nitrogen and oxygen atoms in total. The largest absolute Gasteiger partial charge is 0.505 e. The van der Waals surface area contributed by atoms with Gasteiger partial charge in [0, 0.05) is 29.2 Å². The van der Waals surface area contributed by atoms with E-state index in [-0.39, 0.29) is 18.1 Å². The van der Waals surface area contributed by atoms with Gasteiger partial charge in [-0.05, 0) is 75.1 Å². The molecule has 0 saturated heterocycles. The van der Waals surface area contributed by atoms with Crippen LogP contribution >= 0.6 is 11.6 Å². The summed E-state index contributed by atoms with van der Waals surface area (Å²) in [4.78, 5) is 23.2. The molecule has 9 heteroatoms. The zero-order valence-corrected chi connectivity index (χ0v) is 24.7. The van der Waals surface area contributed by atoms with E-state index in [1.807, 2.05) is 31.2 Å². The second-order valence-corrected chi connectivity index (χ2v) is 10.8. The highest BCUT2D eigenvalue weighted by Crippen LogP contribution is 2.46. The van der Waals surface area contributed by atoms with Gasteiger partial charge in [-0.2, -0.15) is 0 Å². The summed E-state index contributed by atoms with van der Waals surface area (Å²) in [5, 5.41) is 19.9. The predicted molar refractivity (Wildman–Crippen MR) is 162 cm³/mol. The number of methoxy groups -OCH3 is 1. The van der Waals surface area contributed by atoms with Crippen LogP contribution in [0.4, 0.5) is 11.6 Å². The van der Waals surface area contributed by atoms with E-state index in [0.29, 0.717) is 17.5 Å². The molecule has 40 heavy (non-hydrogen) atoms. The average Bonchev–Trinajstić information content (AvgIpc) is 3.24. The molecule has 1 aliphatic heterocycles. The first-order valence-electron chi connectivity index (χ1n) is 12.9. The molecule has 5 rings (SSSR count). The second-order valence-electron chi connectivity index (χ2n) is 10.4. The monoisotopic (exact) mass is 564 g/mol. The Morgan fingerprint density at radius 2 is 1.68 bits per heavy atom. The van der Waals surface area contributed by atoms with Gasteiger partial charge >= 0.3 is 5.97 Å². The molecule has 2 N–H and O–H groups in total. The lowest BCUT2D eigenvalue weighted by Gasteiger charge is -2.33. The number of nitrogens with zero attached hydrogens (tertiary/aromatic N) is 4. The van der Waals surface area contributed by atoms with Crippen molar-refractivity contribution >= 4 is 40.1 Å². The van der Waals surface area contributed by atoms with Crippen molar-refractivity contribution in [3.05, 3.63) is 77.7 Å². The number of ether oxygens (including phenoxy) is 1. The number of halogens is 1. The molecule has 0 fully saturated rings. The number of rotatable bonds is 4. The van der Waals surface area contributed by atoms with Gasteiger partial charge in [0.2, 0.25) is 5.95 Å². The van der Waals surface area contributed by atoms with Crippen molar-refractivity contribution in [2.45, 2.75) is 53.2 Å². The molecule has 0 radical (unpaired) electrons. The first-order valence-corrected chi connectivity index (χ1v) is 13.3. The number of carbonyl (C=O) groups excluding carboxylic acids is 1. The fraction of sp³-hybridized carbons (Fsp3) is 0.323. The van der Waals surface area contributed by atoms with Gasteiger partial charge in [-0.15, -0.1) is 13.2 Å². The van der Waals surface area contributed by atoms with Crippen LogP contribution in [0.3, 0.4) is 0 Å². The Balaban J connectivity index is 0.000000570. The van der Waals surface area contributed by atoms with Crippen LogP contribution in [0.1, 0.15) is 37.6 Å². The Morgan fingerprint density at radius 3 is 2.23 bits per heavy atom. The molecule has 2 aromatic heterocycles. The predicted octanol–water partition coefficient (Wildman–Crippen LogP) is 6.52. The molecule has 0 bridgehead atoms. The molecular formula is C31H37ClN4O4. The number of hydrogen-bond donors (Lipinski definition) is 2. The van der Waals surface area contributed by atoms with Gasteiger partial charge < -0.3 is 24.4 Å². The number of hydrogen-bond acceptors (Lipinski definition) is 7. The topological polar surface area (TPSA) is 101 Å². The van der Waals surface area contributed by atoms with Gasteiger partial charge in [-0.3, -0.25) is 4.79 Å². The first-order chi connectivity index (χ1) is 18.9. The SMILES string of the molecule is C=C.CC(C)(C)O.COC(=O)Cc1c(C)c2c3c(cc(C)n3CCN2c2ncc(O)cn2)c1-c1ccc(Cl)cc1. The van der Waals surface area contributed by atoms with Gasteiger partial charge in [0.05, 0.1) is 42.7 Å². The van der Waals surface area contributed by atoms with Gasteiger partial charge in [-0.1, -0.05) is 23.7 Å². The molecule has 2 aromatic carbocycles. The maximum Gasteiger partial charge on any atom is 0.310 e. The minimum atomic E-state index is -0.500. The van der Waals surface area contributed by atoms with Gasteiger partial charge in [0.1, 0.15) is 0 Å². The third-order valence-corrected chi connectivity index (χ3v) is 6.52. The number of aromatic nitrogens is 3. The van der Waals surface area contributed by atoms with E-state index in [1.54, 1.807) is 20.8 Å². The summed E-state index contributed by atoms with van der Waals surface area (Å²) in [6, 6.07) is 9.86. The van der Waals surface area contributed by atoms with Crippen LogP contribution in [0.15, 0.2) is 55.9 Å². The van der Waals surface area contributed by atoms with Gasteiger partial charge in [0.15, 0.2) is 5.75 Å². The number of esters is 1. The van der Waals surface area contributed by atoms with Crippen molar-refractivity contribution in [1.82, 2.24) is 14.5 Å². The normalized spacial score (nSPS) is 12.2. The fourth-order valence-corrected chi connectivity index (χ4v) is 4.89. The number of anilines is 2. The number of aryl methyl sites for hydroxylation is 1. The van der Waals surface area contributed by atoms with Crippen LogP contribution in [-0.2, 0) is 22.5 Å². The second kappa shape index (κ2) is 12.5. The Morgan fingerprint density at radius 1 is 1.10 bits per heavy atom. The first kappa shape index (κ1) is 30.7. The highest BCUT2D eigenvalue weighted by Gasteiger charge is 2.30. The summed E-state index contributed by atoms with van der Waals surface area (Å²) >= 11 is 6.16. The van der Waals surface area contributed by atoms with Crippen LogP contribution in [-0.4, -0.2) is 50.0 Å². The molecule has 0 atom stereocenters. The Bertz CT molecular complexity index is 1480. The average molecular weight is 565 g/mol. The lowest BCUT2D eigenvalue weighted by atomic mass is 9.88. The summed E-state index contributed by atoms with van der Waals surface area (Å²) in [7, 11) is 1.40. The molecule has 0 amide bonds. The van der Waals surface area contributed by atoms with Crippen LogP contribution in [0.2, 0.25) is 5.02 Å². The molecule has 4 aromatic rings. The van der Waals surface area contributed by atoms with E-state index in [1.165, 1.54) is 19.5 Å². The van der Waals surface area contributed by atoms with E-state index in [0.717, 1.165) is 51.1 Å². The standard InChI is InChI=1S/C25H23ClN4O3.C4H10O.C2H4/c1-14-10-20-22(16-4-6-17(26)7-5-16)19(11-21(32)33-3)15(2)23-24(20)29(14)8-9-30(23)25-27-12-18(31)13-28-25;1-4(2,3)5;1-2/h4-7,10,12-13,31H,8-9,11H2,1-3H3;5H,1-3H3;1-2H2. The molecule has 0 aliphatic carbocycles. The van der Waals surface area contributed by atoms with Crippen molar-refractivity contribution in [3.8, 4) is 16.9 Å². The minimum Gasteiger partial charge on any atom is -0.505 e. The third kappa shape index (κ3) is 6.63. The summed E-state index contributed by atoms with van der Waals surface area (Å²) < 4.78 is 7.34. The highest BCUT2D eigenvalue weighted by atomic mass is 35.5. The van der Waals surface area contributed by atoms with Gasteiger partial charge in [0.25, 0.3) is 0 Å². The molecule has 0 saturated carbocycles. The van der Waals surface area contributed by atoms with E-state index in [2.05, 4.69) is 45.6 Å². The van der Waals surface area contributed by atoms with E-state index in [4.69, 9.17) is 21.4 Å². The molecule has 0 unspecified atom stereocenters. The molecule has 0 spiro atoms. The lowest BCUT2D eigenvalue weighted by molar-refractivity contribution is -0.139. The zero-order valence-electron chi connectivity index (χ0n) is 24.0. The quantitative estimate of drug-likeness (QED) is 0.215. The summed E-state index contributed by atoms with van der Waals surface area (Å²) in [6.07, 6.45) is 2.92. The molecular weight excluding hydrogens is 528 g/mol. The Kier molecular flexibility index (Phi) is 9.60. The Labute approximate surface area is 240 Å². The molecule has 212 valence electrons. The lowest BCUT2D eigenvalue weighted by Crippen LogP contribution is -2.30. The maximum absolute atomic E-state index is 12.5. The summed E-state index contributed by atoms with van der Waals surface area (Å²) in [6.45, 7) is 16.8. The fourth-order valence-electron chi connectivity index (χ4n) is 4.76. The smallest absolute Gasteiger partial charge is 0.310 e. The Hall–Kier alpha value is -3.88. The van der Waals surface area contributed by atoms with Crippen molar-refractivity contribution < 1.29 is 19.7 Å². The van der Waals surface area contributed by atoms with Crippen molar-refractivity contribution in [2.24, 2.45) is 0 Å². The van der Waals surface area contributed by atoms with E-state index in [9.17, 15) is 9.90 Å². The van der Waals surface area contributed by atoms with Crippen molar-refractivity contribution in [1.29, 1.82) is 0 Å². The van der Waals surface area contributed by atoms with E-state index < -0.39 is 5.60 Å². The van der Waals surface area contributed by atoms with Crippen LogP contribution in [0.5, 0.6) is 5.75 Å². The molecule has 3 heterocycles. The number of benzene rings is 2. The summed E-state index contributed by atoms with van der Waals surface area (Å²) in [5.41, 5.74) is 6.54. The van der Waals surface area contributed by atoms with Crippen LogP contribution in [0, 0.1) is 13.8 Å². The van der Waals surface area contributed by atoms with Crippen LogP contribution < -0.4 is 4.90 Å². The minimum absolute atomic E-state index is 0.0151. The number of carbonyl (C=O) groups is 1. The zero-order chi connectivity index (χ0) is 29.8. The molecule has 1 aliphatic rings. The maximum atomic E-state index is 12.5. The third-order valence-electron chi connectivity index (χ3n) is 6.27. The highest BCUT2D eigenvalue weighted by molar-refractivity contribution is 6.30. The van der Waals surface area contributed by atoms with Crippen LogP contribution in [0.25, 0.3) is 22.0 Å². The number of aromatic hydroxyl groups is 1. The van der Waals surface area contributed by atoms with Crippen molar-refractivity contribution in [3.63, 3.8) is 0 Å². The number of aliphatic hydroxyl groups is 1. The van der Waals surface area contributed by atoms with E-state index >= 15 is 0 Å².